The summed E-state index contributed by atoms with van der Waals surface area (Å²) in [6.07, 6.45) is 2.09. The number of amides is 1. The number of aromatic nitrogens is 1. The molecule has 1 aromatic heterocycles. The number of nitrogens with one attached hydrogen (secondary N) is 1. The zero-order valence-electron chi connectivity index (χ0n) is 24.2. The lowest BCUT2D eigenvalue weighted by atomic mass is 10.0. The number of nitrogens with two attached hydrogens (primary N) is 1. The van der Waals surface area contributed by atoms with E-state index in [4.69, 9.17) is 22.1 Å². The second kappa shape index (κ2) is 15.2. The summed E-state index contributed by atoms with van der Waals surface area (Å²) < 4.78 is 30.2. The Morgan fingerprint density at radius 1 is 1.07 bits per heavy atom. The summed E-state index contributed by atoms with van der Waals surface area (Å²) in [5.74, 6) is -0.818. The van der Waals surface area contributed by atoms with Crippen LogP contribution in [-0.4, -0.2) is 61.2 Å². The van der Waals surface area contributed by atoms with Crippen LogP contribution in [0.2, 0.25) is 5.02 Å². The second-order valence-corrected chi connectivity index (χ2v) is 12.0. The van der Waals surface area contributed by atoms with Crippen molar-refractivity contribution < 1.29 is 27.9 Å². The maximum absolute atomic E-state index is 13.2. The number of sulfone groups is 1. The van der Waals surface area contributed by atoms with Crippen LogP contribution in [-0.2, 0) is 19.4 Å². The molecule has 0 aliphatic heterocycles. The van der Waals surface area contributed by atoms with Crippen molar-refractivity contribution in [2.45, 2.75) is 31.2 Å². The van der Waals surface area contributed by atoms with E-state index in [1.165, 1.54) is 24.0 Å². The number of nitrogen functional groups attached to an aromatic ring is 1. The maximum Gasteiger partial charge on any atom is 0.331 e. The van der Waals surface area contributed by atoms with E-state index in [0.29, 0.717) is 22.9 Å². The van der Waals surface area contributed by atoms with Crippen LogP contribution >= 0.6 is 11.6 Å². The molecule has 4 aromatic rings. The predicted molar refractivity (Wildman–Crippen MR) is 169 cm³/mol. The molecule has 0 aliphatic rings. The molecule has 43 heavy (non-hydrogen) atoms. The third-order valence-electron chi connectivity index (χ3n) is 6.55. The van der Waals surface area contributed by atoms with Gasteiger partial charge in [0.2, 0.25) is 5.91 Å². The molecule has 0 saturated carbocycles. The van der Waals surface area contributed by atoms with Crippen molar-refractivity contribution in [3.05, 3.63) is 89.6 Å². The number of hydrogen-bond donors (Lipinski definition) is 3. The number of aliphatic carboxylic acids is 1. The van der Waals surface area contributed by atoms with Crippen LogP contribution in [0, 0.1) is 0 Å². The SMILES string of the molecule is CCCN(C(=O)CNc1ccc2c(N)nccc2c1)[C@H](C(=O)O)c1ccccc1S(=O)(=O)CC.COc1ccccc1Cl. The third kappa shape index (κ3) is 8.36. The number of anilines is 2. The summed E-state index contributed by atoms with van der Waals surface area (Å²) in [6, 6.07) is 19.0. The van der Waals surface area contributed by atoms with Gasteiger partial charge in [0.1, 0.15) is 11.6 Å². The van der Waals surface area contributed by atoms with E-state index in [1.54, 1.807) is 49.7 Å². The Balaban J connectivity index is 0.000000480. The number of rotatable bonds is 11. The summed E-state index contributed by atoms with van der Waals surface area (Å²) in [7, 11) is -2.09. The van der Waals surface area contributed by atoms with Crippen molar-refractivity contribution in [2.75, 3.05) is 37.0 Å². The van der Waals surface area contributed by atoms with Crippen molar-refractivity contribution >= 4 is 55.6 Å². The number of carbonyl (C=O) groups is 2. The third-order valence-corrected chi connectivity index (χ3v) is 8.67. The van der Waals surface area contributed by atoms with E-state index < -0.39 is 27.8 Å². The van der Waals surface area contributed by atoms with Crippen LogP contribution in [0.1, 0.15) is 31.9 Å². The van der Waals surface area contributed by atoms with Crippen LogP contribution in [0.15, 0.2) is 83.9 Å². The Kier molecular flexibility index (Phi) is 11.7. The highest BCUT2D eigenvalue weighted by Gasteiger charge is 2.34. The number of carboxylic acid groups (broad SMARTS) is 1. The minimum Gasteiger partial charge on any atom is -0.495 e. The first kappa shape index (κ1) is 33.2. The zero-order valence-corrected chi connectivity index (χ0v) is 25.7. The summed E-state index contributed by atoms with van der Waals surface area (Å²) in [6.45, 7) is 3.30. The lowest BCUT2D eigenvalue weighted by Crippen LogP contribution is -2.42. The van der Waals surface area contributed by atoms with Crippen LogP contribution in [0.5, 0.6) is 5.75 Å². The molecule has 12 heteroatoms. The largest absolute Gasteiger partial charge is 0.495 e. The highest BCUT2D eigenvalue weighted by molar-refractivity contribution is 7.91. The number of pyridine rings is 1. The average molecular weight is 627 g/mol. The van der Waals surface area contributed by atoms with Crippen molar-refractivity contribution in [1.82, 2.24) is 9.88 Å². The fraction of sp³-hybridized carbons (Fsp3) is 0.258. The average Bonchev–Trinajstić information content (AvgIpc) is 3.00. The minimum absolute atomic E-state index is 0.0762. The molecule has 10 nitrogen and oxygen atoms in total. The van der Waals surface area contributed by atoms with Gasteiger partial charge in [0.05, 0.1) is 29.3 Å². The summed E-state index contributed by atoms with van der Waals surface area (Å²) >= 11 is 5.70. The van der Waals surface area contributed by atoms with Crippen molar-refractivity contribution in [1.29, 1.82) is 0 Å². The highest BCUT2D eigenvalue weighted by atomic mass is 35.5. The molecule has 1 atom stereocenters. The first-order valence-corrected chi connectivity index (χ1v) is 15.6. The molecule has 1 amide bonds. The van der Waals surface area contributed by atoms with E-state index in [2.05, 4.69) is 10.3 Å². The Morgan fingerprint density at radius 2 is 1.77 bits per heavy atom. The molecule has 0 aliphatic carbocycles. The molecule has 0 fully saturated rings. The number of ether oxygens (including phenoxy) is 1. The molecular formula is C31H35ClN4O6S. The number of carboxylic acids is 1. The Labute approximate surface area is 256 Å². The first-order valence-electron chi connectivity index (χ1n) is 13.5. The highest BCUT2D eigenvalue weighted by Crippen LogP contribution is 2.29. The van der Waals surface area contributed by atoms with Crippen molar-refractivity contribution in [3.63, 3.8) is 0 Å². The maximum atomic E-state index is 13.2. The normalized spacial score (nSPS) is 11.6. The van der Waals surface area contributed by atoms with Gasteiger partial charge in [0.15, 0.2) is 15.9 Å². The van der Waals surface area contributed by atoms with Gasteiger partial charge >= 0.3 is 5.97 Å². The zero-order chi connectivity index (χ0) is 31.6. The molecule has 0 unspecified atom stereocenters. The number of benzene rings is 3. The predicted octanol–water partition coefficient (Wildman–Crippen LogP) is 5.44. The van der Waals surface area contributed by atoms with E-state index in [9.17, 15) is 23.1 Å². The van der Waals surface area contributed by atoms with Gasteiger partial charge in [0, 0.05) is 29.4 Å². The molecule has 0 bridgehead atoms. The van der Waals surface area contributed by atoms with Crippen LogP contribution in [0.3, 0.4) is 0 Å². The number of para-hydroxylation sites is 1. The molecular weight excluding hydrogens is 592 g/mol. The fourth-order valence-corrected chi connectivity index (χ4v) is 5.77. The standard InChI is InChI=1S/C24H28N4O5S.C7H7ClO/c1-3-13-28(22(24(30)31)19-7-5-6-8-20(19)34(32,33)4-2)21(29)15-27-17-9-10-18-16(14-17)11-12-26-23(18)25;1-9-7-5-3-2-4-6(7)8/h5-12,14,22,27H,3-4,13,15H2,1-2H3,(H2,25,26)(H,30,31);2-5H,1H3/t22-;/m0./s1. The van der Waals surface area contributed by atoms with E-state index >= 15 is 0 Å². The Morgan fingerprint density at radius 3 is 2.40 bits per heavy atom. The lowest BCUT2D eigenvalue weighted by molar-refractivity contribution is -0.150. The van der Waals surface area contributed by atoms with E-state index in [-0.39, 0.29) is 29.3 Å². The second-order valence-electron chi connectivity index (χ2n) is 9.39. The topological polar surface area (TPSA) is 152 Å². The number of hydrogen-bond acceptors (Lipinski definition) is 8. The number of methoxy groups -OCH3 is 1. The summed E-state index contributed by atoms with van der Waals surface area (Å²) in [4.78, 5) is 30.7. The molecule has 4 N–H and O–H groups in total. The van der Waals surface area contributed by atoms with Gasteiger partial charge < -0.3 is 25.8 Å². The molecule has 0 radical (unpaired) electrons. The first-order chi connectivity index (χ1) is 20.5. The number of nitrogens with zero attached hydrogens (tertiary/aromatic N) is 2. The lowest BCUT2D eigenvalue weighted by Gasteiger charge is -2.30. The van der Waals surface area contributed by atoms with E-state index in [0.717, 1.165) is 16.5 Å². The summed E-state index contributed by atoms with van der Waals surface area (Å²) in [5, 5.41) is 15.4. The van der Waals surface area contributed by atoms with Crippen molar-refractivity contribution in [3.8, 4) is 5.75 Å². The van der Waals surface area contributed by atoms with Gasteiger partial charge in [-0.1, -0.05) is 55.8 Å². The number of halogens is 1. The smallest absolute Gasteiger partial charge is 0.331 e. The molecule has 0 spiro atoms. The Hall–Kier alpha value is -4.35. The van der Waals surface area contributed by atoms with Crippen LogP contribution < -0.4 is 15.8 Å². The molecule has 4 rings (SSSR count). The monoisotopic (exact) mass is 626 g/mol. The van der Waals surface area contributed by atoms with Gasteiger partial charge in [0.25, 0.3) is 0 Å². The van der Waals surface area contributed by atoms with E-state index in [1.807, 2.05) is 31.2 Å². The van der Waals surface area contributed by atoms with Gasteiger partial charge in [-0.25, -0.2) is 18.2 Å². The molecule has 3 aromatic carbocycles. The minimum atomic E-state index is -3.69. The molecule has 0 saturated heterocycles. The Bertz CT molecular complexity index is 1680. The van der Waals surface area contributed by atoms with Crippen LogP contribution in [0.4, 0.5) is 11.5 Å². The van der Waals surface area contributed by atoms with Gasteiger partial charge in [-0.2, -0.15) is 0 Å². The van der Waals surface area contributed by atoms with Gasteiger partial charge in [-0.05, 0) is 54.3 Å². The van der Waals surface area contributed by atoms with Crippen molar-refractivity contribution in [2.24, 2.45) is 0 Å². The summed E-state index contributed by atoms with van der Waals surface area (Å²) in [5.41, 5.74) is 6.61. The van der Waals surface area contributed by atoms with Gasteiger partial charge in [-0.3, -0.25) is 4.79 Å². The fourth-order valence-electron chi connectivity index (χ4n) is 4.42. The number of carbonyl (C=O) groups excluding carboxylic acids is 1. The number of fused-ring (bicyclic) bond motifs is 1. The molecule has 228 valence electrons. The quantitative estimate of drug-likeness (QED) is 0.198. The molecule has 1 heterocycles. The van der Waals surface area contributed by atoms with Gasteiger partial charge in [-0.15, -0.1) is 0 Å². The van der Waals surface area contributed by atoms with Crippen LogP contribution in [0.25, 0.3) is 10.8 Å².